The minimum Gasteiger partial charge on any atom is -0.497 e. The summed E-state index contributed by atoms with van der Waals surface area (Å²) in [5, 5.41) is 5.77. The molecule has 2 N–H and O–H groups in total. The molecule has 4 nitrogen and oxygen atoms in total. The number of aryl methyl sites for hydroxylation is 1. The fourth-order valence-corrected chi connectivity index (χ4v) is 1.39. The highest BCUT2D eigenvalue weighted by Gasteiger charge is 2.04. The van der Waals surface area contributed by atoms with Crippen LogP contribution in [-0.2, 0) is 4.79 Å². The van der Waals surface area contributed by atoms with Crippen LogP contribution in [0.3, 0.4) is 0 Å². The maximum Gasteiger partial charge on any atom is 0.238 e. The van der Waals surface area contributed by atoms with E-state index in [-0.39, 0.29) is 12.5 Å². The molecule has 0 saturated heterocycles. The second-order valence-electron chi connectivity index (χ2n) is 3.65. The maximum absolute atomic E-state index is 11.6. The van der Waals surface area contributed by atoms with Gasteiger partial charge in [0.1, 0.15) is 5.75 Å². The highest BCUT2D eigenvalue weighted by atomic mass is 16.5. The van der Waals surface area contributed by atoms with Crippen molar-refractivity contribution in [2.45, 2.75) is 6.92 Å². The number of amides is 1. The molecule has 0 aliphatic carbocycles. The Morgan fingerprint density at radius 2 is 2.29 bits per heavy atom. The molecule has 1 rings (SSSR count). The Bertz CT molecular complexity index is 402. The Hall–Kier alpha value is -1.81. The summed E-state index contributed by atoms with van der Waals surface area (Å²) >= 11 is 0. The SMILES string of the molecule is C=CCNCC(=O)Nc1ccc(OC)cc1C. The van der Waals surface area contributed by atoms with Gasteiger partial charge >= 0.3 is 0 Å². The minimum atomic E-state index is -0.0693. The van der Waals surface area contributed by atoms with Gasteiger partial charge in [-0.3, -0.25) is 4.79 Å². The molecule has 1 aromatic carbocycles. The van der Waals surface area contributed by atoms with Crippen molar-refractivity contribution in [3.8, 4) is 5.75 Å². The van der Waals surface area contributed by atoms with Crippen molar-refractivity contribution >= 4 is 11.6 Å². The number of nitrogens with one attached hydrogen (secondary N) is 2. The highest BCUT2D eigenvalue weighted by molar-refractivity contribution is 5.93. The summed E-state index contributed by atoms with van der Waals surface area (Å²) in [4.78, 5) is 11.6. The molecule has 17 heavy (non-hydrogen) atoms. The first-order valence-electron chi connectivity index (χ1n) is 5.43. The Morgan fingerprint density at radius 3 is 2.88 bits per heavy atom. The van der Waals surface area contributed by atoms with Gasteiger partial charge in [-0.05, 0) is 30.7 Å². The van der Waals surface area contributed by atoms with E-state index < -0.39 is 0 Å². The van der Waals surface area contributed by atoms with Gasteiger partial charge in [0.25, 0.3) is 0 Å². The summed E-state index contributed by atoms with van der Waals surface area (Å²) in [5.74, 6) is 0.713. The van der Waals surface area contributed by atoms with Gasteiger partial charge < -0.3 is 15.4 Å². The molecule has 0 saturated carbocycles. The van der Waals surface area contributed by atoms with E-state index in [4.69, 9.17) is 4.74 Å². The van der Waals surface area contributed by atoms with E-state index in [1.54, 1.807) is 13.2 Å². The topological polar surface area (TPSA) is 50.4 Å². The van der Waals surface area contributed by atoms with Crippen molar-refractivity contribution in [3.05, 3.63) is 36.4 Å². The van der Waals surface area contributed by atoms with Crippen LogP contribution in [0.4, 0.5) is 5.69 Å². The van der Waals surface area contributed by atoms with E-state index >= 15 is 0 Å². The Kier molecular flexibility index (Phi) is 5.23. The zero-order valence-electron chi connectivity index (χ0n) is 10.2. The van der Waals surface area contributed by atoms with Crippen molar-refractivity contribution in [2.75, 3.05) is 25.5 Å². The monoisotopic (exact) mass is 234 g/mol. The van der Waals surface area contributed by atoms with E-state index in [2.05, 4.69) is 17.2 Å². The molecule has 0 unspecified atom stereocenters. The number of carbonyl (C=O) groups is 1. The van der Waals surface area contributed by atoms with Crippen LogP contribution in [0.5, 0.6) is 5.75 Å². The first-order chi connectivity index (χ1) is 8.17. The summed E-state index contributed by atoms with van der Waals surface area (Å²) in [7, 11) is 1.62. The fourth-order valence-electron chi connectivity index (χ4n) is 1.39. The van der Waals surface area contributed by atoms with Crippen LogP contribution < -0.4 is 15.4 Å². The van der Waals surface area contributed by atoms with Gasteiger partial charge in [-0.1, -0.05) is 6.08 Å². The largest absolute Gasteiger partial charge is 0.497 e. The van der Waals surface area contributed by atoms with E-state index in [1.165, 1.54) is 0 Å². The summed E-state index contributed by atoms with van der Waals surface area (Å²) in [5.41, 5.74) is 1.78. The molecule has 0 heterocycles. The molecule has 0 aliphatic rings. The molecule has 0 aliphatic heterocycles. The van der Waals surface area contributed by atoms with Crippen molar-refractivity contribution in [1.82, 2.24) is 5.32 Å². The minimum absolute atomic E-state index is 0.0693. The number of methoxy groups -OCH3 is 1. The third-order valence-corrected chi connectivity index (χ3v) is 2.28. The number of carbonyl (C=O) groups excluding carboxylic acids is 1. The molecular formula is C13H18N2O2. The van der Waals surface area contributed by atoms with Crippen molar-refractivity contribution in [1.29, 1.82) is 0 Å². The van der Waals surface area contributed by atoms with E-state index in [0.29, 0.717) is 6.54 Å². The standard InChI is InChI=1S/C13H18N2O2/c1-4-7-14-9-13(16)15-12-6-5-11(17-3)8-10(12)2/h4-6,8,14H,1,7,9H2,2-3H3,(H,15,16). The van der Waals surface area contributed by atoms with Gasteiger partial charge in [0.15, 0.2) is 0 Å². The van der Waals surface area contributed by atoms with E-state index in [9.17, 15) is 4.79 Å². The van der Waals surface area contributed by atoms with Crippen LogP contribution in [0.1, 0.15) is 5.56 Å². The molecule has 0 radical (unpaired) electrons. The number of benzene rings is 1. The molecule has 0 atom stereocenters. The zero-order valence-corrected chi connectivity index (χ0v) is 10.2. The Balaban J connectivity index is 2.56. The van der Waals surface area contributed by atoms with Crippen molar-refractivity contribution in [3.63, 3.8) is 0 Å². The lowest BCUT2D eigenvalue weighted by Gasteiger charge is -2.10. The first-order valence-corrected chi connectivity index (χ1v) is 5.43. The van der Waals surface area contributed by atoms with Crippen LogP contribution in [0.15, 0.2) is 30.9 Å². The lowest BCUT2D eigenvalue weighted by Crippen LogP contribution is -2.28. The molecule has 0 bridgehead atoms. The average molecular weight is 234 g/mol. The molecular weight excluding hydrogens is 216 g/mol. The molecule has 0 spiro atoms. The van der Waals surface area contributed by atoms with Gasteiger partial charge in [-0.15, -0.1) is 6.58 Å². The molecule has 0 fully saturated rings. The Labute approximate surface area is 102 Å². The summed E-state index contributed by atoms with van der Waals surface area (Å²) in [6.45, 7) is 6.39. The third-order valence-electron chi connectivity index (χ3n) is 2.28. The lowest BCUT2D eigenvalue weighted by molar-refractivity contribution is -0.115. The lowest BCUT2D eigenvalue weighted by atomic mass is 10.2. The van der Waals surface area contributed by atoms with Gasteiger partial charge in [-0.2, -0.15) is 0 Å². The quantitative estimate of drug-likeness (QED) is 0.582. The molecule has 0 aromatic heterocycles. The summed E-state index contributed by atoms with van der Waals surface area (Å²) < 4.78 is 5.10. The zero-order chi connectivity index (χ0) is 12.7. The molecule has 92 valence electrons. The Morgan fingerprint density at radius 1 is 1.53 bits per heavy atom. The number of hydrogen-bond donors (Lipinski definition) is 2. The van der Waals surface area contributed by atoms with Crippen LogP contribution >= 0.6 is 0 Å². The summed E-state index contributed by atoms with van der Waals surface area (Å²) in [6.07, 6.45) is 1.71. The third kappa shape index (κ3) is 4.28. The number of ether oxygens (including phenoxy) is 1. The summed E-state index contributed by atoms with van der Waals surface area (Å²) in [6, 6.07) is 5.53. The van der Waals surface area contributed by atoms with E-state index in [1.807, 2.05) is 25.1 Å². The second kappa shape index (κ2) is 6.70. The van der Waals surface area contributed by atoms with Crippen LogP contribution in [0, 0.1) is 6.92 Å². The number of hydrogen-bond acceptors (Lipinski definition) is 3. The van der Waals surface area contributed by atoms with Crippen LogP contribution in [0.25, 0.3) is 0 Å². The van der Waals surface area contributed by atoms with Gasteiger partial charge in [0, 0.05) is 12.2 Å². The molecule has 4 heteroatoms. The fraction of sp³-hybridized carbons (Fsp3) is 0.308. The molecule has 1 aromatic rings. The second-order valence-corrected chi connectivity index (χ2v) is 3.65. The number of anilines is 1. The first kappa shape index (κ1) is 13.3. The smallest absolute Gasteiger partial charge is 0.238 e. The average Bonchev–Trinajstić information content (AvgIpc) is 2.32. The van der Waals surface area contributed by atoms with E-state index in [0.717, 1.165) is 17.0 Å². The normalized spacial score (nSPS) is 9.76. The van der Waals surface area contributed by atoms with Crippen LogP contribution in [0.2, 0.25) is 0 Å². The van der Waals surface area contributed by atoms with Gasteiger partial charge in [0.2, 0.25) is 5.91 Å². The predicted octanol–water partition coefficient (Wildman–Crippen LogP) is 1.72. The predicted molar refractivity (Wildman–Crippen MR) is 69.4 cm³/mol. The number of rotatable bonds is 6. The van der Waals surface area contributed by atoms with Crippen molar-refractivity contribution in [2.24, 2.45) is 0 Å². The maximum atomic E-state index is 11.6. The highest BCUT2D eigenvalue weighted by Crippen LogP contribution is 2.20. The van der Waals surface area contributed by atoms with Crippen LogP contribution in [-0.4, -0.2) is 26.1 Å². The van der Waals surface area contributed by atoms with Crippen molar-refractivity contribution < 1.29 is 9.53 Å². The van der Waals surface area contributed by atoms with Gasteiger partial charge in [0.05, 0.1) is 13.7 Å². The van der Waals surface area contributed by atoms with Gasteiger partial charge in [-0.25, -0.2) is 0 Å². The molecule has 1 amide bonds.